The number of Topliss-reactive ketones (excluding diaryl/α,β-unsaturated/α-hetero) is 1. The van der Waals surface area contributed by atoms with Gasteiger partial charge >= 0.3 is 12.1 Å². The third-order valence-corrected chi connectivity index (χ3v) is 4.08. The van der Waals surface area contributed by atoms with Crippen LogP contribution in [0.2, 0.25) is 0 Å². The number of ether oxygens (including phenoxy) is 1. The third kappa shape index (κ3) is 7.35. The predicted molar refractivity (Wildman–Crippen MR) is 105 cm³/mol. The fourth-order valence-corrected chi connectivity index (χ4v) is 2.58. The van der Waals surface area contributed by atoms with Crippen LogP contribution in [0.25, 0.3) is 0 Å². The molecule has 160 valence electrons. The Morgan fingerprint density at radius 2 is 1.57 bits per heavy atom. The van der Waals surface area contributed by atoms with Crippen LogP contribution in [0.3, 0.4) is 0 Å². The molecule has 1 N–H and O–H groups in total. The highest BCUT2D eigenvalue weighted by molar-refractivity contribution is 5.99. The van der Waals surface area contributed by atoms with Crippen LogP contribution < -0.4 is 5.32 Å². The van der Waals surface area contributed by atoms with E-state index in [1.165, 1.54) is 24.3 Å². The molecule has 2 aromatic carbocycles. The number of amides is 1. The van der Waals surface area contributed by atoms with E-state index in [0.29, 0.717) is 23.2 Å². The lowest BCUT2D eigenvalue weighted by Crippen LogP contribution is -2.16. The zero-order valence-electron chi connectivity index (χ0n) is 16.6. The number of carbonyl (C=O) groups excluding carboxylic acids is 3. The van der Waals surface area contributed by atoms with Crippen LogP contribution in [0, 0.1) is 5.92 Å². The maximum absolute atomic E-state index is 12.5. The molecule has 0 aliphatic rings. The van der Waals surface area contributed by atoms with Crippen LogP contribution in [0.4, 0.5) is 18.9 Å². The van der Waals surface area contributed by atoms with Crippen LogP contribution in [0.1, 0.15) is 41.8 Å². The Kier molecular flexibility index (Phi) is 7.74. The van der Waals surface area contributed by atoms with Gasteiger partial charge in [-0.15, -0.1) is 0 Å². The molecule has 0 heterocycles. The van der Waals surface area contributed by atoms with Crippen molar-refractivity contribution >= 4 is 23.3 Å². The summed E-state index contributed by atoms with van der Waals surface area (Å²) >= 11 is 0. The number of esters is 1. The van der Waals surface area contributed by atoms with Crippen molar-refractivity contribution in [2.45, 2.75) is 32.9 Å². The number of rotatable bonds is 8. The van der Waals surface area contributed by atoms with E-state index >= 15 is 0 Å². The summed E-state index contributed by atoms with van der Waals surface area (Å²) in [6.45, 7) is 3.37. The fraction of sp³-hybridized carbons (Fsp3) is 0.318. The van der Waals surface area contributed by atoms with Crippen molar-refractivity contribution in [2.75, 3.05) is 11.9 Å². The standard InChI is InChI=1S/C22H22F3NO4/c1-14(2)11-20(28)26-18-9-5-16(6-10-18)19(27)13-30-21(29)12-15-3-7-17(8-4-15)22(23,24)25/h3-10,14H,11-13H2,1-2H3,(H,26,28). The molecular weight excluding hydrogens is 399 g/mol. The molecule has 0 aromatic heterocycles. The molecule has 8 heteroatoms. The minimum absolute atomic E-state index is 0.124. The van der Waals surface area contributed by atoms with E-state index in [0.717, 1.165) is 12.1 Å². The van der Waals surface area contributed by atoms with E-state index in [9.17, 15) is 27.6 Å². The topological polar surface area (TPSA) is 72.5 Å². The Labute approximate surface area is 172 Å². The van der Waals surface area contributed by atoms with E-state index in [-0.39, 0.29) is 18.2 Å². The van der Waals surface area contributed by atoms with Crippen LogP contribution in [-0.2, 0) is 26.9 Å². The minimum atomic E-state index is -4.45. The van der Waals surface area contributed by atoms with Crippen molar-refractivity contribution in [3.05, 3.63) is 65.2 Å². The van der Waals surface area contributed by atoms with Crippen molar-refractivity contribution in [3.8, 4) is 0 Å². The Hall–Kier alpha value is -3.16. The minimum Gasteiger partial charge on any atom is -0.457 e. The lowest BCUT2D eigenvalue weighted by atomic mass is 10.1. The Balaban J connectivity index is 1.83. The van der Waals surface area contributed by atoms with Crippen molar-refractivity contribution < 1.29 is 32.3 Å². The first-order valence-electron chi connectivity index (χ1n) is 9.29. The number of nitrogens with one attached hydrogen (secondary N) is 1. The first-order chi connectivity index (χ1) is 14.0. The van der Waals surface area contributed by atoms with Gasteiger partial charge in [0.15, 0.2) is 12.4 Å². The van der Waals surface area contributed by atoms with E-state index in [4.69, 9.17) is 4.74 Å². The van der Waals surface area contributed by atoms with Gasteiger partial charge in [0.2, 0.25) is 5.91 Å². The van der Waals surface area contributed by atoms with Gasteiger partial charge in [-0.1, -0.05) is 26.0 Å². The fourth-order valence-electron chi connectivity index (χ4n) is 2.58. The quantitative estimate of drug-likeness (QED) is 0.497. The SMILES string of the molecule is CC(C)CC(=O)Nc1ccc(C(=O)COC(=O)Cc2ccc(C(F)(F)F)cc2)cc1. The molecular formula is C22H22F3NO4. The molecule has 2 rings (SSSR count). The van der Waals surface area contributed by atoms with E-state index in [1.807, 2.05) is 13.8 Å². The number of alkyl halides is 3. The highest BCUT2D eigenvalue weighted by atomic mass is 19.4. The summed E-state index contributed by atoms with van der Waals surface area (Å²) < 4.78 is 42.5. The predicted octanol–water partition coefficient (Wildman–Crippen LogP) is 4.66. The van der Waals surface area contributed by atoms with E-state index < -0.39 is 30.1 Å². The monoisotopic (exact) mass is 421 g/mol. The second-order valence-electron chi connectivity index (χ2n) is 7.18. The van der Waals surface area contributed by atoms with Crippen molar-refractivity contribution in [1.82, 2.24) is 0 Å². The van der Waals surface area contributed by atoms with Gasteiger partial charge in [0, 0.05) is 17.7 Å². The number of benzene rings is 2. The zero-order valence-corrected chi connectivity index (χ0v) is 16.6. The molecule has 0 saturated carbocycles. The molecule has 0 aliphatic carbocycles. The first kappa shape index (κ1) is 23.1. The lowest BCUT2D eigenvalue weighted by molar-refractivity contribution is -0.141. The second-order valence-corrected chi connectivity index (χ2v) is 7.18. The maximum atomic E-state index is 12.5. The summed E-state index contributed by atoms with van der Waals surface area (Å²) in [5, 5.41) is 2.72. The molecule has 0 spiro atoms. The van der Waals surface area contributed by atoms with E-state index in [2.05, 4.69) is 5.32 Å². The van der Waals surface area contributed by atoms with Crippen LogP contribution in [0.5, 0.6) is 0 Å². The Bertz CT molecular complexity index is 888. The highest BCUT2D eigenvalue weighted by Crippen LogP contribution is 2.29. The lowest BCUT2D eigenvalue weighted by Gasteiger charge is -2.09. The summed E-state index contributed by atoms with van der Waals surface area (Å²) in [6, 6.07) is 10.3. The Morgan fingerprint density at radius 1 is 0.967 bits per heavy atom. The van der Waals surface area contributed by atoms with Gasteiger partial charge in [-0.2, -0.15) is 13.2 Å². The van der Waals surface area contributed by atoms with Gasteiger partial charge in [-0.25, -0.2) is 0 Å². The Morgan fingerprint density at radius 3 is 2.10 bits per heavy atom. The molecule has 1 amide bonds. The molecule has 0 atom stereocenters. The third-order valence-electron chi connectivity index (χ3n) is 4.08. The molecule has 0 unspecified atom stereocenters. The molecule has 2 aromatic rings. The van der Waals surface area contributed by atoms with Gasteiger partial charge in [-0.05, 0) is 47.9 Å². The van der Waals surface area contributed by atoms with Crippen LogP contribution in [0.15, 0.2) is 48.5 Å². The summed E-state index contributed by atoms with van der Waals surface area (Å²) in [7, 11) is 0. The van der Waals surface area contributed by atoms with Crippen molar-refractivity contribution in [1.29, 1.82) is 0 Å². The number of hydrogen-bond acceptors (Lipinski definition) is 4. The summed E-state index contributed by atoms with van der Waals surface area (Å²) in [6.07, 6.45) is -4.31. The maximum Gasteiger partial charge on any atom is 0.416 e. The van der Waals surface area contributed by atoms with Gasteiger partial charge in [0.25, 0.3) is 0 Å². The molecule has 5 nitrogen and oxygen atoms in total. The van der Waals surface area contributed by atoms with Gasteiger partial charge < -0.3 is 10.1 Å². The number of ketones is 1. The number of hydrogen-bond donors (Lipinski definition) is 1. The van der Waals surface area contributed by atoms with Crippen LogP contribution >= 0.6 is 0 Å². The first-order valence-corrected chi connectivity index (χ1v) is 9.29. The average Bonchev–Trinajstić information content (AvgIpc) is 2.65. The molecule has 0 saturated heterocycles. The average molecular weight is 421 g/mol. The summed E-state index contributed by atoms with van der Waals surface area (Å²) in [5.41, 5.74) is 0.399. The van der Waals surface area contributed by atoms with Gasteiger partial charge in [0.1, 0.15) is 0 Å². The van der Waals surface area contributed by atoms with Gasteiger partial charge in [0.05, 0.1) is 12.0 Å². The molecule has 0 aliphatic heterocycles. The number of carbonyl (C=O) groups is 3. The highest BCUT2D eigenvalue weighted by Gasteiger charge is 2.30. The summed E-state index contributed by atoms with van der Waals surface area (Å²) in [5.74, 6) is -1.05. The second kappa shape index (κ2) is 10.0. The van der Waals surface area contributed by atoms with Crippen molar-refractivity contribution in [3.63, 3.8) is 0 Å². The molecule has 30 heavy (non-hydrogen) atoms. The normalized spacial score (nSPS) is 11.3. The number of halogens is 3. The molecule has 0 bridgehead atoms. The molecule has 0 fully saturated rings. The summed E-state index contributed by atoms with van der Waals surface area (Å²) in [4.78, 5) is 35.7. The van der Waals surface area contributed by atoms with Crippen molar-refractivity contribution in [2.24, 2.45) is 5.92 Å². The largest absolute Gasteiger partial charge is 0.457 e. The van der Waals surface area contributed by atoms with E-state index in [1.54, 1.807) is 12.1 Å². The number of anilines is 1. The zero-order chi connectivity index (χ0) is 22.3. The smallest absolute Gasteiger partial charge is 0.416 e. The van der Waals surface area contributed by atoms with Gasteiger partial charge in [-0.3, -0.25) is 14.4 Å². The molecule has 0 radical (unpaired) electrons. The van der Waals surface area contributed by atoms with Crippen LogP contribution in [-0.4, -0.2) is 24.3 Å².